The van der Waals surface area contributed by atoms with Crippen LogP contribution in [0.25, 0.3) is 0 Å². The first-order valence-electron chi connectivity index (χ1n) is 8.31. The Labute approximate surface area is 125 Å². The molecule has 0 saturated carbocycles. The number of guanidine groups is 1. The van der Waals surface area contributed by atoms with E-state index in [0.29, 0.717) is 6.04 Å². The molecule has 2 N–H and O–H groups in total. The summed E-state index contributed by atoms with van der Waals surface area (Å²) in [5, 5.41) is 6.90. The minimum Gasteiger partial charge on any atom is -0.356 e. The predicted octanol–water partition coefficient (Wildman–Crippen LogP) is 2.46. The van der Waals surface area contributed by atoms with Crippen LogP contribution < -0.4 is 10.6 Å². The number of nitrogens with one attached hydrogen (secondary N) is 2. The maximum absolute atomic E-state index is 4.31. The van der Waals surface area contributed by atoms with Gasteiger partial charge in [-0.2, -0.15) is 0 Å². The average molecular weight is 282 g/mol. The van der Waals surface area contributed by atoms with Gasteiger partial charge in [0.1, 0.15) is 0 Å². The second-order valence-electron chi connectivity index (χ2n) is 6.42. The van der Waals surface area contributed by atoms with Gasteiger partial charge in [-0.05, 0) is 64.6 Å². The lowest BCUT2D eigenvalue weighted by molar-refractivity contribution is 0.334. The van der Waals surface area contributed by atoms with Gasteiger partial charge in [0, 0.05) is 19.6 Å². The summed E-state index contributed by atoms with van der Waals surface area (Å²) < 4.78 is 0. The predicted molar refractivity (Wildman–Crippen MR) is 88.3 cm³/mol. The van der Waals surface area contributed by atoms with Gasteiger partial charge in [0.05, 0.1) is 0 Å². The minimum absolute atomic E-state index is 0.488. The highest BCUT2D eigenvalue weighted by Gasteiger charge is 2.10. The molecule has 1 aliphatic heterocycles. The van der Waals surface area contributed by atoms with E-state index < -0.39 is 0 Å². The van der Waals surface area contributed by atoms with E-state index in [1.807, 2.05) is 7.05 Å². The van der Waals surface area contributed by atoms with Crippen LogP contribution in [-0.2, 0) is 0 Å². The molecule has 0 amide bonds. The summed E-state index contributed by atoms with van der Waals surface area (Å²) in [5.74, 6) is 1.72. The summed E-state index contributed by atoms with van der Waals surface area (Å²) in [7, 11) is 1.85. The number of hydrogen-bond acceptors (Lipinski definition) is 2. The Morgan fingerprint density at radius 2 is 1.85 bits per heavy atom. The molecular weight excluding hydrogens is 248 g/mol. The van der Waals surface area contributed by atoms with Gasteiger partial charge in [-0.25, -0.2) is 0 Å². The number of rotatable bonds is 8. The molecule has 0 aromatic rings. The summed E-state index contributed by atoms with van der Waals surface area (Å²) in [4.78, 5) is 6.86. The second kappa shape index (κ2) is 10.0. The molecule has 1 fully saturated rings. The van der Waals surface area contributed by atoms with E-state index in [9.17, 15) is 0 Å². The van der Waals surface area contributed by atoms with E-state index in [1.165, 1.54) is 51.7 Å². The maximum Gasteiger partial charge on any atom is 0.191 e. The van der Waals surface area contributed by atoms with Crippen molar-refractivity contribution in [3.05, 3.63) is 0 Å². The fourth-order valence-corrected chi connectivity index (χ4v) is 2.60. The smallest absolute Gasteiger partial charge is 0.191 e. The standard InChI is InChI=1S/C16H34N4/c1-14(2)8-9-15(3)19-16(17-4)18-10-7-13-20-11-5-6-12-20/h14-15H,5-13H2,1-4H3,(H2,17,18,19). The molecule has 20 heavy (non-hydrogen) atoms. The van der Waals surface area contributed by atoms with E-state index in [1.54, 1.807) is 0 Å². The third kappa shape index (κ3) is 7.73. The molecule has 0 radical (unpaired) electrons. The Hall–Kier alpha value is -0.770. The maximum atomic E-state index is 4.31. The van der Waals surface area contributed by atoms with Crippen molar-refractivity contribution in [2.24, 2.45) is 10.9 Å². The molecule has 1 atom stereocenters. The zero-order valence-corrected chi connectivity index (χ0v) is 13.9. The third-order valence-electron chi connectivity index (χ3n) is 3.93. The lowest BCUT2D eigenvalue weighted by Gasteiger charge is -2.19. The molecule has 4 nitrogen and oxygen atoms in total. The van der Waals surface area contributed by atoms with Crippen molar-refractivity contribution >= 4 is 5.96 Å². The molecule has 1 heterocycles. The number of nitrogens with zero attached hydrogens (tertiary/aromatic N) is 2. The average Bonchev–Trinajstić information content (AvgIpc) is 2.93. The van der Waals surface area contributed by atoms with Gasteiger partial charge in [0.2, 0.25) is 0 Å². The molecule has 1 saturated heterocycles. The topological polar surface area (TPSA) is 39.7 Å². The Morgan fingerprint density at radius 1 is 1.15 bits per heavy atom. The second-order valence-corrected chi connectivity index (χ2v) is 6.42. The highest BCUT2D eigenvalue weighted by atomic mass is 15.2. The van der Waals surface area contributed by atoms with Gasteiger partial charge in [-0.15, -0.1) is 0 Å². The molecule has 1 aliphatic rings. The molecule has 4 heteroatoms. The van der Waals surface area contributed by atoms with E-state index in [0.717, 1.165) is 18.4 Å². The lowest BCUT2D eigenvalue weighted by Crippen LogP contribution is -2.43. The summed E-state index contributed by atoms with van der Waals surface area (Å²) in [5.41, 5.74) is 0. The largest absolute Gasteiger partial charge is 0.356 e. The quantitative estimate of drug-likeness (QED) is 0.408. The van der Waals surface area contributed by atoms with Gasteiger partial charge < -0.3 is 15.5 Å². The molecule has 0 aromatic heterocycles. The van der Waals surface area contributed by atoms with Crippen molar-refractivity contribution in [2.45, 2.75) is 58.9 Å². The van der Waals surface area contributed by atoms with E-state index in [2.05, 4.69) is 41.3 Å². The highest BCUT2D eigenvalue weighted by molar-refractivity contribution is 5.79. The van der Waals surface area contributed by atoms with Crippen molar-refractivity contribution < 1.29 is 0 Å². The van der Waals surface area contributed by atoms with Crippen LogP contribution >= 0.6 is 0 Å². The first-order chi connectivity index (χ1) is 9.61. The Balaban J connectivity index is 2.09. The summed E-state index contributed by atoms with van der Waals surface area (Å²) in [6.45, 7) is 11.6. The Kier molecular flexibility index (Phi) is 8.67. The first kappa shape index (κ1) is 17.3. The van der Waals surface area contributed by atoms with E-state index in [4.69, 9.17) is 0 Å². The lowest BCUT2D eigenvalue weighted by atomic mass is 10.0. The molecule has 0 aromatic carbocycles. The number of hydrogen-bond donors (Lipinski definition) is 2. The summed E-state index contributed by atoms with van der Waals surface area (Å²) in [6, 6.07) is 0.488. The van der Waals surface area contributed by atoms with Crippen molar-refractivity contribution in [1.82, 2.24) is 15.5 Å². The van der Waals surface area contributed by atoms with Crippen molar-refractivity contribution in [1.29, 1.82) is 0 Å². The van der Waals surface area contributed by atoms with Gasteiger partial charge >= 0.3 is 0 Å². The fourth-order valence-electron chi connectivity index (χ4n) is 2.60. The number of likely N-dealkylation sites (tertiary alicyclic amines) is 1. The summed E-state index contributed by atoms with van der Waals surface area (Å²) in [6.07, 6.45) is 6.42. The third-order valence-corrected chi connectivity index (χ3v) is 3.93. The van der Waals surface area contributed by atoms with Crippen LogP contribution in [0.15, 0.2) is 4.99 Å². The molecule has 1 unspecified atom stereocenters. The van der Waals surface area contributed by atoms with Gasteiger partial charge in [-0.3, -0.25) is 4.99 Å². The van der Waals surface area contributed by atoms with Crippen LogP contribution in [0.3, 0.4) is 0 Å². The van der Waals surface area contributed by atoms with Crippen LogP contribution in [0, 0.1) is 5.92 Å². The van der Waals surface area contributed by atoms with Crippen molar-refractivity contribution in [3.63, 3.8) is 0 Å². The molecule has 1 rings (SSSR count). The van der Waals surface area contributed by atoms with Crippen LogP contribution in [0.1, 0.15) is 52.9 Å². The zero-order chi connectivity index (χ0) is 14.8. The molecular formula is C16H34N4. The number of aliphatic imine (C=N–C) groups is 1. The minimum atomic E-state index is 0.488. The molecule has 118 valence electrons. The Morgan fingerprint density at radius 3 is 2.45 bits per heavy atom. The Bertz CT molecular complexity index is 270. The van der Waals surface area contributed by atoms with Gasteiger partial charge in [0.25, 0.3) is 0 Å². The normalized spacial score (nSPS) is 18.6. The summed E-state index contributed by atoms with van der Waals surface area (Å²) >= 11 is 0. The molecule has 0 spiro atoms. The molecule has 0 aliphatic carbocycles. The monoisotopic (exact) mass is 282 g/mol. The van der Waals surface area contributed by atoms with Crippen LogP contribution in [0.5, 0.6) is 0 Å². The SMILES string of the molecule is CN=C(NCCCN1CCCC1)NC(C)CCC(C)C. The molecule has 0 bridgehead atoms. The van der Waals surface area contributed by atoms with E-state index >= 15 is 0 Å². The van der Waals surface area contributed by atoms with Crippen molar-refractivity contribution in [2.75, 3.05) is 33.2 Å². The van der Waals surface area contributed by atoms with Crippen LogP contribution in [0.2, 0.25) is 0 Å². The van der Waals surface area contributed by atoms with Crippen molar-refractivity contribution in [3.8, 4) is 0 Å². The van der Waals surface area contributed by atoms with Gasteiger partial charge in [-0.1, -0.05) is 13.8 Å². The zero-order valence-electron chi connectivity index (χ0n) is 13.9. The fraction of sp³-hybridized carbons (Fsp3) is 0.938. The van der Waals surface area contributed by atoms with Crippen LogP contribution in [0.4, 0.5) is 0 Å². The first-order valence-corrected chi connectivity index (χ1v) is 8.31. The van der Waals surface area contributed by atoms with Gasteiger partial charge in [0.15, 0.2) is 5.96 Å². The van der Waals surface area contributed by atoms with E-state index in [-0.39, 0.29) is 0 Å². The highest BCUT2D eigenvalue weighted by Crippen LogP contribution is 2.07. The van der Waals surface area contributed by atoms with Crippen LogP contribution in [-0.4, -0.2) is 50.1 Å².